The number of fused-ring (bicyclic) bond motifs is 2. The first-order chi connectivity index (χ1) is 9.36. The average molecular weight is 315 g/mol. The first-order valence-electron chi connectivity index (χ1n) is 5.75. The van der Waals surface area contributed by atoms with Crippen LogP contribution in [-0.2, 0) is 6.18 Å². The summed E-state index contributed by atoms with van der Waals surface area (Å²) in [4.78, 5) is 0. The second kappa shape index (κ2) is 4.54. The zero-order valence-corrected chi connectivity index (χ0v) is 11.4. The zero-order valence-electron chi connectivity index (χ0n) is 9.93. The van der Waals surface area contributed by atoms with E-state index < -0.39 is 11.7 Å². The van der Waals surface area contributed by atoms with Gasteiger partial charge in [-0.1, -0.05) is 35.3 Å². The lowest BCUT2D eigenvalue weighted by molar-refractivity contribution is -0.136. The lowest BCUT2D eigenvalue weighted by atomic mass is 9.99. The van der Waals surface area contributed by atoms with E-state index in [1.807, 2.05) is 0 Å². The topological polar surface area (TPSA) is 0 Å². The van der Waals surface area contributed by atoms with Crippen molar-refractivity contribution in [1.82, 2.24) is 0 Å². The fourth-order valence-corrected chi connectivity index (χ4v) is 2.76. The van der Waals surface area contributed by atoms with Crippen molar-refractivity contribution < 1.29 is 13.2 Å². The Morgan fingerprint density at radius 1 is 0.750 bits per heavy atom. The van der Waals surface area contributed by atoms with Gasteiger partial charge in [-0.3, -0.25) is 0 Å². The van der Waals surface area contributed by atoms with E-state index in [1.165, 1.54) is 12.1 Å². The highest BCUT2D eigenvalue weighted by Crippen LogP contribution is 2.40. The van der Waals surface area contributed by atoms with E-state index in [-0.39, 0.29) is 10.4 Å². The van der Waals surface area contributed by atoms with Crippen molar-refractivity contribution in [2.24, 2.45) is 0 Å². The summed E-state index contributed by atoms with van der Waals surface area (Å²) in [5.74, 6) is 0. The van der Waals surface area contributed by atoms with Crippen molar-refractivity contribution in [2.75, 3.05) is 0 Å². The Labute approximate surface area is 122 Å². The van der Waals surface area contributed by atoms with Gasteiger partial charge in [-0.2, -0.15) is 13.2 Å². The molecular formula is C15H7Cl2F3. The highest BCUT2D eigenvalue weighted by Gasteiger charge is 2.35. The molecule has 0 saturated heterocycles. The third-order valence-corrected chi connectivity index (χ3v) is 3.72. The number of rotatable bonds is 0. The van der Waals surface area contributed by atoms with Crippen molar-refractivity contribution >= 4 is 44.7 Å². The highest BCUT2D eigenvalue weighted by molar-refractivity contribution is 6.33. The summed E-state index contributed by atoms with van der Waals surface area (Å²) in [6.07, 6.45) is -4.50. The van der Waals surface area contributed by atoms with Crippen LogP contribution in [0.3, 0.4) is 0 Å². The maximum Gasteiger partial charge on any atom is 0.418 e. The van der Waals surface area contributed by atoms with Crippen LogP contribution >= 0.6 is 23.2 Å². The second-order valence-corrected chi connectivity index (χ2v) is 5.33. The van der Waals surface area contributed by atoms with Gasteiger partial charge in [0.2, 0.25) is 0 Å². The summed E-state index contributed by atoms with van der Waals surface area (Å²) in [6.45, 7) is 0. The van der Waals surface area contributed by atoms with Gasteiger partial charge in [-0.05, 0) is 51.9 Å². The van der Waals surface area contributed by atoms with Gasteiger partial charge in [0.25, 0.3) is 0 Å². The van der Waals surface area contributed by atoms with Crippen LogP contribution in [0.15, 0.2) is 42.5 Å². The van der Waals surface area contributed by atoms with Gasteiger partial charge >= 0.3 is 6.18 Å². The second-order valence-electron chi connectivity index (χ2n) is 4.48. The van der Waals surface area contributed by atoms with Crippen LogP contribution in [0.4, 0.5) is 13.2 Å². The van der Waals surface area contributed by atoms with E-state index in [2.05, 4.69) is 0 Å². The third-order valence-electron chi connectivity index (χ3n) is 3.17. The molecule has 0 fully saturated rings. The number of hydrogen-bond donors (Lipinski definition) is 0. The van der Waals surface area contributed by atoms with Crippen LogP contribution in [0.5, 0.6) is 0 Å². The molecule has 0 aliphatic heterocycles. The number of halogens is 5. The van der Waals surface area contributed by atoms with Gasteiger partial charge in [-0.15, -0.1) is 0 Å². The predicted octanol–water partition coefficient (Wildman–Crippen LogP) is 6.32. The van der Waals surface area contributed by atoms with Crippen LogP contribution < -0.4 is 0 Å². The largest absolute Gasteiger partial charge is 0.418 e. The molecule has 5 heteroatoms. The van der Waals surface area contributed by atoms with Gasteiger partial charge in [0.1, 0.15) is 0 Å². The number of hydrogen-bond acceptors (Lipinski definition) is 0. The monoisotopic (exact) mass is 314 g/mol. The van der Waals surface area contributed by atoms with Crippen LogP contribution in [0.1, 0.15) is 5.56 Å². The van der Waals surface area contributed by atoms with Crippen molar-refractivity contribution in [3.63, 3.8) is 0 Å². The Bertz CT molecular complexity index is 823. The lowest BCUT2D eigenvalue weighted by Gasteiger charge is -2.13. The Morgan fingerprint density at radius 3 is 2.15 bits per heavy atom. The Kier molecular flexibility index (Phi) is 3.07. The third kappa shape index (κ3) is 2.21. The molecule has 3 aromatic rings. The van der Waals surface area contributed by atoms with Crippen LogP contribution in [0.25, 0.3) is 21.5 Å². The fourth-order valence-electron chi connectivity index (χ4n) is 2.30. The van der Waals surface area contributed by atoms with Gasteiger partial charge in [-0.25, -0.2) is 0 Å². The van der Waals surface area contributed by atoms with Gasteiger partial charge in [0, 0.05) is 5.02 Å². The maximum absolute atomic E-state index is 13.1. The number of alkyl halides is 3. The Morgan fingerprint density at radius 2 is 1.45 bits per heavy atom. The summed E-state index contributed by atoms with van der Waals surface area (Å²) in [6, 6.07) is 11.2. The smallest absolute Gasteiger partial charge is 0.166 e. The van der Waals surface area contributed by atoms with E-state index in [0.29, 0.717) is 15.8 Å². The minimum Gasteiger partial charge on any atom is -0.166 e. The molecule has 0 aliphatic carbocycles. The van der Waals surface area contributed by atoms with Crippen LogP contribution in [0, 0.1) is 0 Å². The molecule has 0 radical (unpaired) electrons. The predicted molar refractivity (Wildman–Crippen MR) is 76.5 cm³/mol. The molecule has 102 valence electrons. The van der Waals surface area contributed by atoms with E-state index >= 15 is 0 Å². The summed E-state index contributed by atoms with van der Waals surface area (Å²) in [7, 11) is 0. The van der Waals surface area contributed by atoms with Crippen molar-refractivity contribution in [3.8, 4) is 0 Å². The quantitative estimate of drug-likeness (QED) is 0.426. The molecule has 0 aromatic heterocycles. The fraction of sp³-hybridized carbons (Fsp3) is 0.0667. The average Bonchev–Trinajstić information content (AvgIpc) is 2.34. The Balaban J connectivity index is 2.47. The summed E-state index contributed by atoms with van der Waals surface area (Å²) >= 11 is 11.6. The Hall–Kier alpha value is -1.45. The van der Waals surface area contributed by atoms with E-state index in [9.17, 15) is 13.2 Å². The standard InChI is InChI=1S/C15H7Cl2F3/c16-11-3-1-8-5-9-2-4-13(17)14(15(18,19)20)12(9)7-10(8)6-11/h1-7H. The first kappa shape index (κ1) is 13.5. The van der Waals surface area contributed by atoms with Crippen molar-refractivity contribution in [3.05, 3.63) is 58.1 Å². The van der Waals surface area contributed by atoms with Crippen molar-refractivity contribution in [2.45, 2.75) is 6.18 Å². The molecule has 0 spiro atoms. The van der Waals surface area contributed by atoms with Crippen LogP contribution in [0.2, 0.25) is 10.0 Å². The first-order valence-corrected chi connectivity index (χ1v) is 6.50. The molecule has 0 N–H and O–H groups in total. The summed E-state index contributed by atoms with van der Waals surface area (Å²) < 4.78 is 39.4. The molecule has 0 nitrogen and oxygen atoms in total. The van der Waals surface area contributed by atoms with Gasteiger partial charge in [0.05, 0.1) is 10.6 Å². The van der Waals surface area contributed by atoms with Crippen molar-refractivity contribution in [1.29, 1.82) is 0 Å². The molecule has 0 aliphatic rings. The zero-order chi connectivity index (χ0) is 14.5. The molecule has 0 heterocycles. The molecule has 3 rings (SSSR count). The normalized spacial score (nSPS) is 12.2. The van der Waals surface area contributed by atoms with Gasteiger partial charge in [0.15, 0.2) is 0 Å². The molecule has 0 amide bonds. The van der Waals surface area contributed by atoms with E-state index in [4.69, 9.17) is 23.2 Å². The molecule has 0 unspecified atom stereocenters. The SMILES string of the molecule is FC(F)(F)c1c(Cl)ccc2cc3ccc(Cl)cc3cc12. The van der Waals surface area contributed by atoms with Crippen LogP contribution in [-0.4, -0.2) is 0 Å². The van der Waals surface area contributed by atoms with E-state index in [0.717, 1.165) is 5.39 Å². The number of benzene rings is 3. The minimum absolute atomic E-state index is 0.0831. The molecule has 0 saturated carbocycles. The highest BCUT2D eigenvalue weighted by atomic mass is 35.5. The molecular weight excluding hydrogens is 308 g/mol. The molecule has 20 heavy (non-hydrogen) atoms. The maximum atomic E-state index is 13.1. The summed E-state index contributed by atoms with van der Waals surface area (Å²) in [5.41, 5.74) is -0.807. The lowest BCUT2D eigenvalue weighted by Crippen LogP contribution is -2.06. The molecule has 0 bridgehead atoms. The van der Waals surface area contributed by atoms with Gasteiger partial charge < -0.3 is 0 Å². The molecule has 0 atom stereocenters. The summed E-state index contributed by atoms with van der Waals surface area (Å²) in [5, 5.41) is 2.24. The van der Waals surface area contributed by atoms with E-state index in [1.54, 1.807) is 30.3 Å². The minimum atomic E-state index is -4.50. The molecule has 3 aromatic carbocycles.